The number of benzene rings is 1. The third-order valence-electron chi connectivity index (χ3n) is 4.58. The average Bonchev–Trinajstić information content (AvgIpc) is 3.28. The molecule has 0 N–H and O–H groups in total. The van der Waals surface area contributed by atoms with E-state index in [1.807, 2.05) is 26.0 Å². The highest BCUT2D eigenvalue weighted by Crippen LogP contribution is 2.22. The van der Waals surface area contributed by atoms with E-state index in [2.05, 4.69) is 45.3 Å². The Morgan fingerprint density at radius 1 is 1.04 bits per heavy atom. The fraction of sp³-hybridized carbons (Fsp3) is 0.318. The smallest absolute Gasteiger partial charge is 0.319 e. The molecule has 0 saturated heterocycles. The molecule has 0 fully saturated rings. The minimum absolute atomic E-state index is 0.399. The molecule has 0 amide bonds. The van der Waals surface area contributed by atoms with Crippen LogP contribution in [0.15, 0.2) is 40.8 Å². The lowest BCUT2D eigenvalue weighted by atomic mass is 10.0. The van der Waals surface area contributed by atoms with Gasteiger partial charge in [0.2, 0.25) is 0 Å². The molecule has 0 saturated carbocycles. The van der Waals surface area contributed by atoms with Crippen LogP contribution in [0.4, 0.5) is 0 Å². The first-order valence-corrected chi connectivity index (χ1v) is 9.40. The van der Waals surface area contributed by atoms with Crippen LogP contribution in [0.5, 0.6) is 6.01 Å². The number of furan rings is 1. The molecular formula is C22H23N3O2. The summed E-state index contributed by atoms with van der Waals surface area (Å²) in [6, 6.07) is 10.9. The molecule has 0 bridgehead atoms. The number of aromatic nitrogens is 3. The summed E-state index contributed by atoms with van der Waals surface area (Å²) >= 11 is 0. The van der Waals surface area contributed by atoms with Crippen molar-refractivity contribution in [3.63, 3.8) is 0 Å². The van der Waals surface area contributed by atoms with E-state index in [4.69, 9.17) is 9.15 Å². The summed E-state index contributed by atoms with van der Waals surface area (Å²) in [5, 5.41) is 0. The molecule has 0 aliphatic heterocycles. The van der Waals surface area contributed by atoms with Gasteiger partial charge in [-0.2, -0.15) is 9.97 Å². The van der Waals surface area contributed by atoms with Crippen molar-refractivity contribution in [2.24, 2.45) is 0 Å². The van der Waals surface area contributed by atoms with E-state index in [0.717, 1.165) is 36.0 Å². The van der Waals surface area contributed by atoms with E-state index >= 15 is 0 Å². The average molecular weight is 361 g/mol. The van der Waals surface area contributed by atoms with Crippen LogP contribution in [0, 0.1) is 6.92 Å². The highest BCUT2D eigenvalue weighted by molar-refractivity contribution is 5.60. The third-order valence-corrected chi connectivity index (χ3v) is 4.58. The van der Waals surface area contributed by atoms with Gasteiger partial charge in [0.05, 0.1) is 6.61 Å². The number of hydrogen-bond acceptors (Lipinski definition) is 5. The van der Waals surface area contributed by atoms with Crippen LogP contribution in [-0.2, 0) is 25.7 Å². The zero-order valence-electron chi connectivity index (χ0n) is 15.7. The standard InChI is InChI=1S/C22H23N3O2/c1-3-26-22-24-20(12-11-19-10-7-15(2)27-19)23-21(25-22)14-16-8-9-17-5-4-6-18(17)13-16/h4-5,7-10,13H,3,6,11-12,14H2,1-2H3. The Bertz CT molecular complexity index is 975. The summed E-state index contributed by atoms with van der Waals surface area (Å²) in [6.45, 7) is 4.41. The maximum absolute atomic E-state index is 5.64. The fourth-order valence-corrected chi connectivity index (χ4v) is 3.29. The quantitative estimate of drug-likeness (QED) is 0.633. The number of fused-ring (bicyclic) bond motifs is 1. The molecule has 27 heavy (non-hydrogen) atoms. The number of aryl methyl sites for hydroxylation is 3. The summed E-state index contributed by atoms with van der Waals surface area (Å²) in [6.07, 6.45) is 7.48. The van der Waals surface area contributed by atoms with Crippen LogP contribution in [0.1, 0.15) is 46.8 Å². The van der Waals surface area contributed by atoms with Crippen LogP contribution >= 0.6 is 0 Å². The summed E-state index contributed by atoms with van der Waals surface area (Å²) in [4.78, 5) is 13.6. The lowest BCUT2D eigenvalue weighted by Crippen LogP contribution is -2.09. The number of ether oxygens (including phenoxy) is 1. The molecular weight excluding hydrogens is 338 g/mol. The van der Waals surface area contributed by atoms with Crippen molar-refractivity contribution < 1.29 is 9.15 Å². The van der Waals surface area contributed by atoms with Crippen molar-refractivity contribution in [2.45, 2.75) is 39.5 Å². The molecule has 1 aliphatic rings. The van der Waals surface area contributed by atoms with Crippen molar-refractivity contribution in [2.75, 3.05) is 6.61 Å². The topological polar surface area (TPSA) is 61.0 Å². The zero-order valence-corrected chi connectivity index (χ0v) is 15.7. The van der Waals surface area contributed by atoms with E-state index in [-0.39, 0.29) is 0 Å². The van der Waals surface area contributed by atoms with E-state index in [1.54, 1.807) is 0 Å². The van der Waals surface area contributed by atoms with Crippen LogP contribution in [-0.4, -0.2) is 21.6 Å². The van der Waals surface area contributed by atoms with Gasteiger partial charge in [-0.1, -0.05) is 30.4 Å². The van der Waals surface area contributed by atoms with Gasteiger partial charge in [-0.3, -0.25) is 0 Å². The molecule has 5 nitrogen and oxygen atoms in total. The van der Waals surface area contributed by atoms with Gasteiger partial charge in [-0.05, 0) is 49.1 Å². The Morgan fingerprint density at radius 3 is 2.74 bits per heavy atom. The molecule has 0 spiro atoms. The zero-order chi connectivity index (χ0) is 18.6. The highest BCUT2D eigenvalue weighted by atomic mass is 16.5. The van der Waals surface area contributed by atoms with E-state index < -0.39 is 0 Å². The Hall–Kier alpha value is -2.95. The molecule has 0 unspecified atom stereocenters. The van der Waals surface area contributed by atoms with Gasteiger partial charge in [0.15, 0.2) is 0 Å². The minimum atomic E-state index is 0.399. The van der Waals surface area contributed by atoms with Gasteiger partial charge >= 0.3 is 6.01 Å². The summed E-state index contributed by atoms with van der Waals surface area (Å²) in [7, 11) is 0. The lowest BCUT2D eigenvalue weighted by Gasteiger charge is -2.08. The van der Waals surface area contributed by atoms with Crippen LogP contribution < -0.4 is 4.74 Å². The molecule has 1 aromatic carbocycles. The number of hydrogen-bond donors (Lipinski definition) is 0. The van der Waals surface area contributed by atoms with Crippen LogP contribution in [0.3, 0.4) is 0 Å². The van der Waals surface area contributed by atoms with Crippen LogP contribution in [0.2, 0.25) is 0 Å². The number of allylic oxidation sites excluding steroid dienone is 1. The predicted octanol–water partition coefficient (Wildman–Crippen LogP) is 4.12. The van der Waals surface area contributed by atoms with Gasteiger partial charge in [-0.25, -0.2) is 4.98 Å². The molecule has 4 rings (SSSR count). The first-order chi connectivity index (χ1) is 13.2. The van der Waals surface area contributed by atoms with Crippen molar-refractivity contribution in [1.29, 1.82) is 0 Å². The molecule has 5 heteroatoms. The Labute approximate surface area is 159 Å². The monoisotopic (exact) mass is 361 g/mol. The summed E-state index contributed by atoms with van der Waals surface area (Å²) in [5.74, 6) is 3.34. The van der Waals surface area contributed by atoms with Gasteiger partial charge < -0.3 is 9.15 Å². The predicted molar refractivity (Wildman–Crippen MR) is 104 cm³/mol. The van der Waals surface area contributed by atoms with Gasteiger partial charge in [0.1, 0.15) is 23.2 Å². The molecule has 2 aromatic heterocycles. The molecule has 0 radical (unpaired) electrons. The van der Waals surface area contributed by atoms with Crippen molar-refractivity contribution in [1.82, 2.24) is 15.0 Å². The maximum Gasteiger partial charge on any atom is 0.319 e. The molecule has 0 atom stereocenters. The SMILES string of the molecule is CCOc1nc(CCc2ccc(C)o2)nc(Cc2ccc3c(c2)CC=C3)n1. The largest absolute Gasteiger partial charge is 0.466 e. The fourth-order valence-electron chi connectivity index (χ4n) is 3.29. The highest BCUT2D eigenvalue weighted by Gasteiger charge is 2.11. The van der Waals surface area contributed by atoms with Gasteiger partial charge in [-0.15, -0.1) is 0 Å². The molecule has 2 heterocycles. The van der Waals surface area contributed by atoms with Crippen LogP contribution in [0.25, 0.3) is 6.08 Å². The molecule has 1 aliphatic carbocycles. The Balaban J connectivity index is 1.53. The molecule has 3 aromatic rings. The summed E-state index contributed by atoms with van der Waals surface area (Å²) in [5.41, 5.74) is 3.87. The maximum atomic E-state index is 5.64. The summed E-state index contributed by atoms with van der Waals surface area (Å²) < 4.78 is 11.2. The lowest BCUT2D eigenvalue weighted by molar-refractivity contribution is 0.308. The third kappa shape index (κ3) is 4.25. The van der Waals surface area contributed by atoms with Gasteiger partial charge in [0, 0.05) is 19.3 Å². The van der Waals surface area contributed by atoms with Crippen molar-refractivity contribution in [3.8, 4) is 6.01 Å². The second kappa shape index (κ2) is 7.74. The van der Waals surface area contributed by atoms with Crippen molar-refractivity contribution >= 4 is 6.08 Å². The van der Waals surface area contributed by atoms with E-state index in [1.165, 1.54) is 16.7 Å². The van der Waals surface area contributed by atoms with Crippen molar-refractivity contribution in [3.05, 3.63) is 76.3 Å². The first kappa shape index (κ1) is 17.5. The Kier molecular flexibility index (Phi) is 5.01. The van der Waals surface area contributed by atoms with E-state index in [9.17, 15) is 0 Å². The minimum Gasteiger partial charge on any atom is -0.466 e. The first-order valence-electron chi connectivity index (χ1n) is 9.40. The number of rotatable bonds is 7. The Morgan fingerprint density at radius 2 is 1.93 bits per heavy atom. The number of nitrogens with zero attached hydrogens (tertiary/aromatic N) is 3. The second-order valence-corrected chi connectivity index (χ2v) is 6.71. The normalized spacial score (nSPS) is 12.4. The van der Waals surface area contributed by atoms with E-state index in [0.29, 0.717) is 25.5 Å². The van der Waals surface area contributed by atoms with Gasteiger partial charge in [0.25, 0.3) is 0 Å². The molecule has 138 valence electrons. The second-order valence-electron chi connectivity index (χ2n) is 6.71.